The van der Waals surface area contributed by atoms with Crippen LogP contribution in [0.4, 0.5) is 0 Å². The van der Waals surface area contributed by atoms with Gasteiger partial charge in [0.15, 0.2) is 5.16 Å². The molecule has 0 saturated heterocycles. The summed E-state index contributed by atoms with van der Waals surface area (Å²) in [5.74, 6) is 0.393. The number of carbonyl (C=O) groups excluding carboxylic acids is 1. The number of benzene rings is 1. The molecule has 1 aromatic heterocycles. The van der Waals surface area contributed by atoms with E-state index in [0.29, 0.717) is 11.7 Å². The van der Waals surface area contributed by atoms with Crippen molar-refractivity contribution in [1.82, 2.24) is 14.5 Å². The summed E-state index contributed by atoms with van der Waals surface area (Å²) in [6.45, 7) is 10.0. The lowest BCUT2D eigenvalue weighted by molar-refractivity contribution is -0.128. The number of hydrogen-bond donors (Lipinski definition) is 0. The zero-order chi connectivity index (χ0) is 24.1. The predicted molar refractivity (Wildman–Crippen MR) is 140 cm³/mol. The number of nitrogens with zero attached hydrogens (tertiary/aromatic N) is 3. The van der Waals surface area contributed by atoms with Crippen molar-refractivity contribution < 1.29 is 4.79 Å². The van der Waals surface area contributed by atoms with Crippen molar-refractivity contribution in [3.05, 3.63) is 58.4 Å². The van der Waals surface area contributed by atoms with Crippen LogP contribution in [0.3, 0.4) is 0 Å². The summed E-state index contributed by atoms with van der Waals surface area (Å²) in [4.78, 5) is 34.0. The molecule has 1 saturated carbocycles. The number of fused-ring (bicyclic) bond motifs is 4. The van der Waals surface area contributed by atoms with Crippen LogP contribution >= 0.6 is 11.8 Å². The third kappa shape index (κ3) is 4.74. The minimum Gasteiger partial charge on any atom is -0.342 e. The monoisotopic (exact) mass is 479 g/mol. The molecule has 1 fully saturated rings. The Morgan fingerprint density at radius 2 is 1.88 bits per heavy atom. The average Bonchev–Trinajstić information content (AvgIpc) is 2.84. The van der Waals surface area contributed by atoms with E-state index in [4.69, 9.17) is 4.98 Å². The molecule has 0 N–H and O–H groups in total. The van der Waals surface area contributed by atoms with Crippen molar-refractivity contribution in [2.24, 2.45) is 0 Å². The molecule has 1 aromatic carbocycles. The Kier molecular flexibility index (Phi) is 7.97. The number of hydrogen-bond acceptors (Lipinski definition) is 4. The molecule has 6 heteroatoms. The Morgan fingerprint density at radius 1 is 1.18 bits per heavy atom. The summed E-state index contributed by atoms with van der Waals surface area (Å²) in [7, 11) is 0. The largest absolute Gasteiger partial charge is 0.342 e. The second-order valence-corrected chi connectivity index (χ2v) is 10.6. The SMILES string of the molecule is C=CCn1c(SCC(=O)N(CCC)CCC)nc2c(c1=O)C1(CCCCC1)Cc1ccccc1-2. The van der Waals surface area contributed by atoms with Gasteiger partial charge in [0.2, 0.25) is 5.91 Å². The highest BCUT2D eigenvalue weighted by atomic mass is 32.2. The fourth-order valence-electron chi connectivity index (χ4n) is 5.74. The molecule has 2 aromatic rings. The van der Waals surface area contributed by atoms with Gasteiger partial charge in [-0.2, -0.15) is 0 Å². The van der Waals surface area contributed by atoms with E-state index in [2.05, 4.69) is 38.6 Å². The molecule has 182 valence electrons. The zero-order valence-corrected chi connectivity index (χ0v) is 21.5. The van der Waals surface area contributed by atoms with Crippen LogP contribution in [0.25, 0.3) is 11.3 Å². The van der Waals surface area contributed by atoms with E-state index in [-0.39, 0.29) is 22.6 Å². The van der Waals surface area contributed by atoms with Crippen LogP contribution in [0.1, 0.15) is 69.9 Å². The molecular formula is C28H37N3O2S. The molecule has 2 aliphatic carbocycles. The molecule has 5 nitrogen and oxygen atoms in total. The molecule has 1 spiro atoms. The summed E-state index contributed by atoms with van der Waals surface area (Å²) in [5, 5.41) is 0.618. The summed E-state index contributed by atoms with van der Waals surface area (Å²) in [6.07, 6.45) is 10.1. The lowest BCUT2D eigenvalue weighted by Crippen LogP contribution is -2.43. The van der Waals surface area contributed by atoms with E-state index in [1.807, 2.05) is 11.0 Å². The highest BCUT2D eigenvalue weighted by Gasteiger charge is 2.43. The summed E-state index contributed by atoms with van der Waals surface area (Å²) >= 11 is 1.38. The number of thioether (sulfide) groups is 1. The van der Waals surface area contributed by atoms with Gasteiger partial charge in [0.05, 0.1) is 17.0 Å². The van der Waals surface area contributed by atoms with Crippen LogP contribution < -0.4 is 5.56 Å². The first-order valence-electron chi connectivity index (χ1n) is 12.8. The maximum atomic E-state index is 14.1. The van der Waals surface area contributed by atoms with Gasteiger partial charge in [0.25, 0.3) is 5.56 Å². The Morgan fingerprint density at radius 3 is 2.56 bits per heavy atom. The lowest BCUT2D eigenvalue weighted by Gasteiger charge is -2.42. The summed E-state index contributed by atoms with van der Waals surface area (Å²) in [6, 6.07) is 8.40. The number of amides is 1. The Balaban J connectivity index is 1.78. The van der Waals surface area contributed by atoms with Crippen LogP contribution in [-0.4, -0.2) is 39.2 Å². The van der Waals surface area contributed by atoms with Crippen LogP contribution in [0.15, 0.2) is 46.9 Å². The number of carbonyl (C=O) groups is 1. The van der Waals surface area contributed by atoms with E-state index in [1.54, 1.807) is 10.6 Å². The van der Waals surface area contributed by atoms with Crippen LogP contribution in [0, 0.1) is 0 Å². The quantitative estimate of drug-likeness (QED) is 0.267. The van der Waals surface area contributed by atoms with E-state index < -0.39 is 0 Å². The average molecular weight is 480 g/mol. The molecule has 0 aliphatic heterocycles. The topological polar surface area (TPSA) is 55.2 Å². The Labute approximate surface area is 207 Å². The van der Waals surface area contributed by atoms with E-state index in [1.165, 1.54) is 23.7 Å². The molecular weight excluding hydrogens is 442 g/mol. The van der Waals surface area contributed by atoms with Crippen molar-refractivity contribution in [3.63, 3.8) is 0 Å². The molecule has 34 heavy (non-hydrogen) atoms. The highest BCUT2D eigenvalue weighted by molar-refractivity contribution is 7.99. The van der Waals surface area contributed by atoms with Crippen molar-refractivity contribution in [1.29, 1.82) is 0 Å². The van der Waals surface area contributed by atoms with Gasteiger partial charge in [0.1, 0.15) is 0 Å². The second-order valence-electron chi connectivity index (χ2n) is 9.67. The Hall–Kier alpha value is -2.34. The molecule has 2 aliphatic rings. The molecule has 1 amide bonds. The zero-order valence-electron chi connectivity index (χ0n) is 20.6. The van der Waals surface area contributed by atoms with E-state index >= 15 is 0 Å². The van der Waals surface area contributed by atoms with Gasteiger partial charge >= 0.3 is 0 Å². The smallest absolute Gasteiger partial charge is 0.258 e. The standard InChI is InChI=1S/C28H37N3O2S/c1-4-16-30(17-5-2)23(32)20-34-27-29-25-22-13-9-8-12-21(22)19-28(14-10-7-11-15-28)24(25)26(33)31(27)18-6-3/h6,8-9,12-13H,3-5,7,10-11,14-20H2,1-2H3. The minimum absolute atomic E-state index is 0.0511. The van der Waals surface area contributed by atoms with Crippen molar-refractivity contribution >= 4 is 17.7 Å². The lowest BCUT2D eigenvalue weighted by atomic mass is 9.62. The van der Waals surface area contributed by atoms with E-state index in [9.17, 15) is 9.59 Å². The van der Waals surface area contributed by atoms with Gasteiger partial charge < -0.3 is 4.90 Å². The van der Waals surface area contributed by atoms with Gasteiger partial charge in [-0.25, -0.2) is 4.98 Å². The fourth-order valence-corrected chi connectivity index (χ4v) is 6.64. The van der Waals surface area contributed by atoms with Gasteiger partial charge in [-0.3, -0.25) is 14.2 Å². The van der Waals surface area contributed by atoms with E-state index in [0.717, 1.165) is 74.9 Å². The van der Waals surface area contributed by atoms with Crippen molar-refractivity contribution in [2.45, 2.75) is 82.3 Å². The van der Waals surface area contributed by atoms with Gasteiger partial charge in [-0.05, 0) is 37.7 Å². The molecule has 1 heterocycles. The highest BCUT2D eigenvalue weighted by Crippen LogP contribution is 2.48. The van der Waals surface area contributed by atoms with Crippen molar-refractivity contribution in [2.75, 3.05) is 18.8 Å². The maximum Gasteiger partial charge on any atom is 0.258 e. The molecule has 0 atom stereocenters. The first-order chi connectivity index (χ1) is 16.5. The first kappa shape index (κ1) is 24.8. The summed E-state index contributed by atoms with van der Waals surface area (Å²) in [5.41, 5.74) is 4.01. The van der Waals surface area contributed by atoms with Crippen LogP contribution in [0.5, 0.6) is 0 Å². The fraction of sp³-hybridized carbons (Fsp3) is 0.536. The summed E-state index contributed by atoms with van der Waals surface area (Å²) < 4.78 is 1.75. The van der Waals surface area contributed by atoms with Crippen molar-refractivity contribution in [3.8, 4) is 11.3 Å². The molecule has 0 bridgehead atoms. The number of aromatic nitrogens is 2. The molecule has 0 radical (unpaired) electrons. The predicted octanol–water partition coefficient (Wildman–Crippen LogP) is 5.60. The van der Waals surface area contributed by atoms with Gasteiger partial charge in [0, 0.05) is 30.6 Å². The Bertz CT molecular complexity index is 1100. The first-order valence-corrected chi connectivity index (χ1v) is 13.8. The maximum absolute atomic E-state index is 14.1. The van der Waals surface area contributed by atoms with Gasteiger partial charge in [-0.15, -0.1) is 6.58 Å². The molecule has 0 unspecified atom stereocenters. The normalized spacial score (nSPS) is 16.1. The third-order valence-corrected chi connectivity index (χ3v) is 8.21. The number of allylic oxidation sites excluding steroid dienone is 1. The second kappa shape index (κ2) is 10.9. The van der Waals surface area contributed by atoms with Gasteiger partial charge in [-0.1, -0.05) is 75.2 Å². The van der Waals surface area contributed by atoms with Crippen LogP contribution in [-0.2, 0) is 23.2 Å². The van der Waals surface area contributed by atoms with Crippen LogP contribution in [0.2, 0.25) is 0 Å². The molecule has 4 rings (SSSR count). The third-order valence-electron chi connectivity index (χ3n) is 7.25. The minimum atomic E-state index is -0.132. The number of rotatable bonds is 9.